The van der Waals surface area contributed by atoms with Gasteiger partial charge >= 0.3 is 0 Å². The van der Waals surface area contributed by atoms with Crippen molar-refractivity contribution < 1.29 is 12.6 Å². The van der Waals surface area contributed by atoms with Gasteiger partial charge in [0.25, 0.3) is 10.1 Å². The van der Waals surface area contributed by atoms with Crippen molar-refractivity contribution in [2.45, 2.75) is 17.4 Å². The van der Waals surface area contributed by atoms with Crippen LogP contribution in [0.2, 0.25) is 0 Å². The smallest absolute Gasteiger partial charge is 0.298 e. The zero-order chi connectivity index (χ0) is 62.5. The first kappa shape index (κ1) is 59.4. The van der Waals surface area contributed by atoms with Gasteiger partial charge in [0.15, 0.2) is 5.60 Å². The Hall–Kier alpha value is -11.6. The third-order valence-electron chi connectivity index (χ3n) is 16.2. The summed E-state index contributed by atoms with van der Waals surface area (Å²) in [6, 6.07) is 123. The number of benzene rings is 13. The standard InChI is InChI=1S/C84H66N4O3S/c1-65-44-62-82(63-45-65)92(89,90)91-84(68-50-58-80(59-51-68)87(74-35-18-6-19-36-74)75-37-20-7-21-38-75,69-52-60-81(61-53-69)88(76-39-22-8-23-40-76)77-41-24-9-25-42-77)64-26-43-83(66-46-54-78(55-47-66)85(70-27-10-2-11-28-70)71-29-12-3-13-30-71)67-48-56-79(57-49-67)86(72-31-14-4-15-32-72)73-33-16-5-17-34-73/h2-64H,1H3. The van der Waals surface area contributed by atoms with Crippen molar-refractivity contribution in [2.24, 2.45) is 0 Å². The molecule has 0 heterocycles. The third kappa shape index (κ3) is 13.1. The van der Waals surface area contributed by atoms with Gasteiger partial charge in [0.05, 0.1) is 4.90 Å². The van der Waals surface area contributed by atoms with Gasteiger partial charge in [0, 0.05) is 68.2 Å². The molecule has 0 saturated heterocycles. The largest absolute Gasteiger partial charge is 0.311 e. The van der Waals surface area contributed by atoms with Crippen LogP contribution in [0.15, 0.2) is 387 Å². The number of anilines is 12. The van der Waals surface area contributed by atoms with Gasteiger partial charge in [-0.2, -0.15) is 8.42 Å². The van der Waals surface area contributed by atoms with E-state index in [-0.39, 0.29) is 4.90 Å². The highest BCUT2D eigenvalue weighted by Gasteiger charge is 2.39. The fourth-order valence-corrected chi connectivity index (χ4v) is 12.9. The van der Waals surface area contributed by atoms with Crippen LogP contribution in [0, 0.1) is 6.92 Å². The Morgan fingerprint density at radius 3 is 0.772 bits per heavy atom. The Labute approximate surface area is 540 Å². The molecule has 0 aliphatic carbocycles. The Balaban J connectivity index is 1.01. The fraction of sp³-hybridized carbons (Fsp3) is 0.0238. The van der Waals surface area contributed by atoms with Crippen LogP contribution in [0.3, 0.4) is 0 Å². The molecular formula is C84H66N4O3S. The summed E-state index contributed by atoms with van der Waals surface area (Å²) < 4.78 is 37.9. The molecule has 7 nitrogen and oxygen atoms in total. The molecule has 13 aromatic rings. The first-order valence-corrected chi connectivity index (χ1v) is 32.1. The first-order chi connectivity index (χ1) is 45.3. The number of para-hydroxylation sites is 8. The molecule has 92 heavy (non-hydrogen) atoms. The maximum Gasteiger partial charge on any atom is 0.298 e. The van der Waals surface area contributed by atoms with E-state index in [4.69, 9.17) is 4.18 Å². The number of hydrogen-bond acceptors (Lipinski definition) is 7. The van der Waals surface area contributed by atoms with Crippen molar-refractivity contribution >= 4 is 83.9 Å². The van der Waals surface area contributed by atoms with Gasteiger partial charge in [-0.15, -0.1) is 0 Å². The van der Waals surface area contributed by atoms with Crippen LogP contribution < -0.4 is 19.6 Å². The molecule has 13 aromatic carbocycles. The minimum atomic E-state index is -4.53. The van der Waals surface area contributed by atoms with Crippen LogP contribution >= 0.6 is 0 Å². The molecule has 0 aromatic heterocycles. The zero-order valence-electron chi connectivity index (χ0n) is 50.8. The molecule has 0 atom stereocenters. The van der Waals surface area contributed by atoms with Gasteiger partial charge < -0.3 is 19.6 Å². The summed E-state index contributed by atoms with van der Waals surface area (Å²) in [6.45, 7) is 1.94. The van der Waals surface area contributed by atoms with Crippen molar-refractivity contribution in [3.8, 4) is 0 Å². The van der Waals surface area contributed by atoms with Crippen molar-refractivity contribution in [1.82, 2.24) is 0 Å². The maximum atomic E-state index is 15.4. The van der Waals surface area contributed by atoms with Crippen LogP contribution in [0.1, 0.15) is 27.8 Å². The van der Waals surface area contributed by atoms with Gasteiger partial charge in [-0.25, -0.2) is 4.18 Å². The summed E-state index contributed by atoms with van der Waals surface area (Å²) in [7, 11) is -4.53. The Bertz CT molecular complexity index is 4250. The second-order valence-corrected chi connectivity index (χ2v) is 23.8. The lowest BCUT2D eigenvalue weighted by Crippen LogP contribution is -2.32. The fourth-order valence-electron chi connectivity index (χ4n) is 11.7. The van der Waals surface area contributed by atoms with Gasteiger partial charge in [0.2, 0.25) is 0 Å². The van der Waals surface area contributed by atoms with Crippen LogP contribution in [-0.2, 0) is 19.9 Å². The average Bonchev–Trinajstić information content (AvgIpc) is 0.801. The zero-order valence-corrected chi connectivity index (χ0v) is 51.6. The number of rotatable bonds is 21. The number of allylic oxidation sites excluding steroid dienone is 2. The molecule has 0 amide bonds. The van der Waals surface area contributed by atoms with E-state index in [0.717, 1.165) is 90.5 Å². The van der Waals surface area contributed by atoms with Crippen LogP contribution in [-0.4, -0.2) is 8.42 Å². The predicted octanol–water partition coefficient (Wildman–Crippen LogP) is 22.2. The molecule has 0 unspecified atom stereocenters. The van der Waals surface area contributed by atoms with E-state index in [1.165, 1.54) is 0 Å². The Morgan fingerprint density at radius 1 is 0.293 bits per heavy atom. The molecule has 0 saturated carbocycles. The van der Waals surface area contributed by atoms with E-state index in [1.54, 1.807) is 24.3 Å². The van der Waals surface area contributed by atoms with Crippen molar-refractivity contribution in [3.63, 3.8) is 0 Å². The molecule has 0 radical (unpaired) electrons. The summed E-state index contributed by atoms with van der Waals surface area (Å²) in [5, 5.41) is 0. The van der Waals surface area contributed by atoms with Gasteiger partial charge in [-0.1, -0.05) is 224 Å². The SMILES string of the molecule is Cc1ccc(S(=O)(=O)OC(C=CC=C(c2ccc(N(c3ccccc3)c3ccccc3)cc2)c2ccc(N(c3ccccc3)c3ccccc3)cc2)(c2ccc(N(c3ccccc3)c3ccccc3)cc2)c2ccc(N(c3ccccc3)c3ccccc3)cc2)cc1. The number of aryl methyl sites for hydroxylation is 1. The predicted molar refractivity (Wildman–Crippen MR) is 381 cm³/mol. The Kier molecular flexibility index (Phi) is 17.7. The van der Waals surface area contributed by atoms with Gasteiger partial charge in [0.1, 0.15) is 0 Å². The number of hydrogen-bond donors (Lipinski definition) is 0. The lowest BCUT2D eigenvalue weighted by atomic mass is 9.85. The third-order valence-corrected chi connectivity index (χ3v) is 17.6. The highest BCUT2D eigenvalue weighted by Crippen LogP contribution is 2.45. The van der Waals surface area contributed by atoms with E-state index < -0.39 is 15.7 Å². The van der Waals surface area contributed by atoms with Crippen LogP contribution in [0.25, 0.3) is 5.57 Å². The highest BCUT2D eigenvalue weighted by atomic mass is 32.2. The van der Waals surface area contributed by atoms with Crippen LogP contribution in [0.4, 0.5) is 68.2 Å². The monoisotopic (exact) mass is 1210 g/mol. The molecule has 0 N–H and O–H groups in total. The van der Waals surface area contributed by atoms with Crippen molar-refractivity contribution in [2.75, 3.05) is 19.6 Å². The lowest BCUT2D eigenvalue weighted by Gasteiger charge is -2.33. The highest BCUT2D eigenvalue weighted by molar-refractivity contribution is 7.86. The van der Waals surface area contributed by atoms with E-state index in [0.29, 0.717) is 11.1 Å². The number of nitrogens with zero attached hydrogens (tertiary/aromatic N) is 4. The minimum absolute atomic E-state index is 0.0317. The molecule has 0 aliphatic heterocycles. The molecule has 8 heteroatoms. The second kappa shape index (κ2) is 27.5. The topological polar surface area (TPSA) is 56.3 Å². The van der Waals surface area contributed by atoms with Crippen LogP contribution in [0.5, 0.6) is 0 Å². The molecule has 0 bridgehead atoms. The van der Waals surface area contributed by atoms with Crippen molar-refractivity contribution in [3.05, 3.63) is 410 Å². The summed E-state index contributed by atoms with van der Waals surface area (Å²) in [5.74, 6) is 0. The molecule has 0 fully saturated rings. The van der Waals surface area contributed by atoms with Gasteiger partial charge in [-0.3, -0.25) is 0 Å². The van der Waals surface area contributed by atoms with E-state index in [1.807, 2.05) is 165 Å². The molecule has 0 aliphatic rings. The normalized spacial score (nSPS) is 11.4. The van der Waals surface area contributed by atoms with Crippen molar-refractivity contribution in [1.29, 1.82) is 0 Å². The molecular weight excluding hydrogens is 1150 g/mol. The summed E-state index contributed by atoms with van der Waals surface area (Å²) in [4.78, 5) is 8.90. The lowest BCUT2D eigenvalue weighted by molar-refractivity contribution is 0.173. The molecule has 446 valence electrons. The maximum absolute atomic E-state index is 15.4. The minimum Gasteiger partial charge on any atom is -0.311 e. The summed E-state index contributed by atoms with van der Waals surface area (Å²) in [5.41, 5.74) is 14.7. The van der Waals surface area contributed by atoms with E-state index in [2.05, 4.69) is 220 Å². The first-order valence-electron chi connectivity index (χ1n) is 30.7. The van der Waals surface area contributed by atoms with E-state index in [9.17, 15) is 0 Å². The Morgan fingerprint density at radius 2 is 0.522 bits per heavy atom. The quantitative estimate of drug-likeness (QED) is 0.0525. The molecule has 0 spiro atoms. The molecule has 13 rings (SSSR count). The summed E-state index contributed by atoms with van der Waals surface area (Å²) >= 11 is 0. The average molecular weight is 1210 g/mol. The van der Waals surface area contributed by atoms with Gasteiger partial charge in [-0.05, 0) is 199 Å². The van der Waals surface area contributed by atoms with E-state index >= 15 is 8.42 Å². The summed E-state index contributed by atoms with van der Waals surface area (Å²) in [6.07, 6.45) is 5.91. The second-order valence-electron chi connectivity index (χ2n) is 22.2.